The largest absolute Gasteiger partial charge is 0.489 e. The van der Waals surface area contributed by atoms with Crippen molar-refractivity contribution in [3.05, 3.63) is 63.7 Å². The maximum Gasteiger partial charge on any atom is 0.256 e. The minimum atomic E-state index is -0.503. The van der Waals surface area contributed by atoms with E-state index in [1.54, 1.807) is 17.0 Å². The predicted molar refractivity (Wildman–Crippen MR) is 124 cm³/mol. The molecule has 2 heterocycles. The predicted octanol–water partition coefficient (Wildman–Crippen LogP) is 5.78. The van der Waals surface area contributed by atoms with Gasteiger partial charge < -0.3 is 9.64 Å². The molecule has 0 radical (unpaired) electrons. The van der Waals surface area contributed by atoms with Crippen LogP contribution in [0.25, 0.3) is 0 Å². The number of ether oxygens (including phenoxy) is 1. The summed E-state index contributed by atoms with van der Waals surface area (Å²) in [4.78, 5) is 16.8. The standard InChI is InChI=1S/C26H29ClF2N2O2/c27-23-12-19(28)8-7-18(23)15-30-9-3-4-20(16-30)33-25-14-24(29)22(13-21(25)17-5-6-17)26(32)31-10-1-2-11-31/h7-8,12-14,17,20H,1-6,9-11,15-16H2. The lowest BCUT2D eigenvalue weighted by Crippen LogP contribution is -2.40. The highest BCUT2D eigenvalue weighted by atomic mass is 35.5. The number of halogens is 3. The molecule has 2 saturated heterocycles. The SMILES string of the molecule is O=C(c1cc(C2CC2)c(OC2CCCN(Cc3ccc(F)cc3Cl)C2)cc1F)N1CCCC1. The number of nitrogens with zero attached hydrogens (tertiary/aromatic N) is 2. The first-order valence-corrected chi connectivity index (χ1v) is 12.3. The summed E-state index contributed by atoms with van der Waals surface area (Å²) in [6.07, 6.45) is 5.80. The Kier molecular flexibility index (Phi) is 6.57. The molecule has 0 aromatic heterocycles. The summed E-state index contributed by atoms with van der Waals surface area (Å²) in [6.45, 7) is 3.61. The number of piperidine rings is 1. The zero-order valence-electron chi connectivity index (χ0n) is 18.7. The summed E-state index contributed by atoms with van der Waals surface area (Å²) in [5.41, 5.74) is 2.01. The first-order chi connectivity index (χ1) is 16.0. The molecular formula is C26H29ClF2N2O2. The molecule has 176 valence electrons. The highest BCUT2D eigenvalue weighted by molar-refractivity contribution is 6.31. The van der Waals surface area contributed by atoms with Crippen LogP contribution in [-0.2, 0) is 6.54 Å². The molecule has 1 unspecified atom stereocenters. The van der Waals surface area contributed by atoms with Crippen molar-refractivity contribution in [2.75, 3.05) is 26.2 Å². The van der Waals surface area contributed by atoms with Crippen molar-refractivity contribution in [3.8, 4) is 5.75 Å². The summed E-state index contributed by atoms with van der Waals surface area (Å²) in [6, 6.07) is 7.65. The number of likely N-dealkylation sites (tertiary alicyclic amines) is 2. The van der Waals surface area contributed by atoms with Crippen molar-refractivity contribution >= 4 is 17.5 Å². The van der Waals surface area contributed by atoms with Gasteiger partial charge in [-0.2, -0.15) is 0 Å². The number of hydrogen-bond acceptors (Lipinski definition) is 3. The highest BCUT2D eigenvalue weighted by Gasteiger charge is 2.32. The zero-order valence-corrected chi connectivity index (χ0v) is 19.4. The Bertz CT molecular complexity index is 1040. The molecule has 3 aliphatic rings. The van der Waals surface area contributed by atoms with Gasteiger partial charge in [-0.15, -0.1) is 0 Å². The highest BCUT2D eigenvalue weighted by Crippen LogP contribution is 2.45. The zero-order chi connectivity index (χ0) is 22.9. The maximum absolute atomic E-state index is 15.0. The number of carbonyl (C=O) groups is 1. The van der Waals surface area contributed by atoms with Crippen LogP contribution in [0.2, 0.25) is 5.02 Å². The average molecular weight is 475 g/mol. The van der Waals surface area contributed by atoms with Gasteiger partial charge in [0.1, 0.15) is 23.5 Å². The maximum atomic E-state index is 15.0. The molecule has 2 aromatic carbocycles. The number of hydrogen-bond donors (Lipinski definition) is 0. The van der Waals surface area contributed by atoms with Crippen LogP contribution in [0.15, 0.2) is 30.3 Å². The molecule has 4 nitrogen and oxygen atoms in total. The quantitative estimate of drug-likeness (QED) is 0.532. The fourth-order valence-electron chi connectivity index (χ4n) is 4.96. The Morgan fingerprint density at radius 3 is 2.55 bits per heavy atom. The monoisotopic (exact) mass is 474 g/mol. The van der Waals surface area contributed by atoms with Crippen molar-refractivity contribution in [1.29, 1.82) is 0 Å². The van der Waals surface area contributed by atoms with E-state index in [0.29, 0.717) is 42.9 Å². The lowest BCUT2D eigenvalue weighted by Gasteiger charge is -2.33. The molecule has 0 spiro atoms. The van der Waals surface area contributed by atoms with Gasteiger partial charge in [0, 0.05) is 37.3 Å². The molecule has 3 fully saturated rings. The second-order valence-electron chi connectivity index (χ2n) is 9.50. The number of benzene rings is 2. The van der Waals surface area contributed by atoms with Crippen molar-refractivity contribution in [2.45, 2.75) is 57.1 Å². The first kappa shape index (κ1) is 22.6. The van der Waals surface area contributed by atoms with Gasteiger partial charge in [0.15, 0.2) is 0 Å². The summed E-state index contributed by atoms with van der Waals surface area (Å²) < 4.78 is 34.7. The number of rotatable bonds is 6. The van der Waals surface area contributed by atoms with Crippen molar-refractivity contribution in [3.63, 3.8) is 0 Å². The molecule has 1 amide bonds. The molecule has 1 saturated carbocycles. The molecule has 5 rings (SSSR count). The van der Waals surface area contributed by atoms with Crippen LogP contribution in [0, 0.1) is 11.6 Å². The fraction of sp³-hybridized carbons (Fsp3) is 0.500. The van der Waals surface area contributed by atoms with E-state index >= 15 is 4.39 Å². The van der Waals surface area contributed by atoms with Gasteiger partial charge in [-0.25, -0.2) is 8.78 Å². The molecule has 2 aromatic rings. The van der Waals surface area contributed by atoms with Crippen molar-refractivity contribution in [2.24, 2.45) is 0 Å². The Hall–Kier alpha value is -2.18. The Morgan fingerprint density at radius 2 is 1.82 bits per heavy atom. The molecule has 0 N–H and O–H groups in total. The van der Waals surface area contributed by atoms with Gasteiger partial charge in [-0.3, -0.25) is 9.69 Å². The molecule has 33 heavy (non-hydrogen) atoms. The Balaban J connectivity index is 1.31. The van der Waals surface area contributed by atoms with Gasteiger partial charge in [-0.05, 0) is 80.3 Å². The molecular weight excluding hydrogens is 446 g/mol. The summed E-state index contributed by atoms with van der Waals surface area (Å²) in [5, 5.41) is 0.425. The third-order valence-electron chi connectivity index (χ3n) is 6.91. The summed E-state index contributed by atoms with van der Waals surface area (Å²) >= 11 is 6.21. The third kappa shape index (κ3) is 5.17. The van der Waals surface area contributed by atoms with Crippen LogP contribution in [0.5, 0.6) is 5.75 Å². The van der Waals surface area contributed by atoms with Crippen LogP contribution in [0.3, 0.4) is 0 Å². The van der Waals surface area contributed by atoms with Crippen molar-refractivity contribution in [1.82, 2.24) is 9.80 Å². The van der Waals surface area contributed by atoms with Gasteiger partial charge in [-0.1, -0.05) is 17.7 Å². The van der Waals surface area contributed by atoms with E-state index in [-0.39, 0.29) is 23.4 Å². The van der Waals surface area contributed by atoms with Gasteiger partial charge in [0.05, 0.1) is 5.56 Å². The van der Waals surface area contributed by atoms with Crippen LogP contribution in [-0.4, -0.2) is 48.0 Å². The fourth-order valence-corrected chi connectivity index (χ4v) is 5.19. The molecule has 1 atom stereocenters. The number of amides is 1. The van der Waals surface area contributed by atoms with E-state index in [9.17, 15) is 9.18 Å². The van der Waals surface area contributed by atoms with Crippen LogP contribution >= 0.6 is 11.6 Å². The van der Waals surface area contributed by atoms with Gasteiger partial charge >= 0.3 is 0 Å². The summed E-state index contributed by atoms with van der Waals surface area (Å²) in [5.74, 6) is -0.150. The topological polar surface area (TPSA) is 32.8 Å². The molecule has 2 aliphatic heterocycles. The lowest BCUT2D eigenvalue weighted by atomic mass is 10.0. The minimum absolute atomic E-state index is 0.0741. The van der Waals surface area contributed by atoms with Crippen LogP contribution in [0.1, 0.15) is 65.9 Å². The van der Waals surface area contributed by atoms with E-state index in [1.165, 1.54) is 18.2 Å². The van der Waals surface area contributed by atoms with E-state index in [2.05, 4.69) is 4.90 Å². The van der Waals surface area contributed by atoms with Gasteiger partial charge in [0.2, 0.25) is 0 Å². The van der Waals surface area contributed by atoms with E-state index in [1.807, 2.05) is 0 Å². The summed E-state index contributed by atoms with van der Waals surface area (Å²) in [7, 11) is 0. The average Bonchev–Trinajstić information content (AvgIpc) is 3.48. The second kappa shape index (κ2) is 9.59. The van der Waals surface area contributed by atoms with Crippen molar-refractivity contribution < 1.29 is 18.3 Å². The first-order valence-electron chi connectivity index (χ1n) is 11.9. The Morgan fingerprint density at radius 1 is 1.03 bits per heavy atom. The Labute approximate surface area is 198 Å². The van der Waals surface area contributed by atoms with Crippen LogP contribution < -0.4 is 4.74 Å². The van der Waals surface area contributed by atoms with E-state index in [4.69, 9.17) is 16.3 Å². The number of carbonyl (C=O) groups excluding carboxylic acids is 1. The second-order valence-corrected chi connectivity index (χ2v) is 9.90. The normalized spacial score (nSPS) is 21.4. The molecule has 0 bridgehead atoms. The third-order valence-corrected chi connectivity index (χ3v) is 7.26. The molecule has 7 heteroatoms. The van der Waals surface area contributed by atoms with Gasteiger partial charge in [0.25, 0.3) is 5.91 Å². The lowest BCUT2D eigenvalue weighted by molar-refractivity contribution is 0.0785. The van der Waals surface area contributed by atoms with E-state index in [0.717, 1.165) is 56.2 Å². The van der Waals surface area contributed by atoms with E-state index < -0.39 is 5.82 Å². The van der Waals surface area contributed by atoms with Crippen LogP contribution in [0.4, 0.5) is 8.78 Å². The minimum Gasteiger partial charge on any atom is -0.489 e. The smallest absolute Gasteiger partial charge is 0.256 e. The molecule has 1 aliphatic carbocycles.